The van der Waals surface area contributed by atoms with E-state index in [0.29, 0.717) is 6.04 Å². The van der Waals surface area contributed by atoms with Gasteiger partial charge < -0.3 is 10.2 Å². The number of benzene rings is 1. The molecule has 5 heteroatoms. The summed E-state index contributed by atoms with van der Waals surface area (Å²) in [5.74, 6) is -0.465. The molecular weight excluding hydrogens is 279 g/mol. The van der Waals surface area contributed by atoms with Crippen LogP contribution in [0.1, 0.15) is 31.2 Å². The predicted molar refractivity (Wildman–Crippen MR) is 80.7 cm³/mol. The molecule has 1 aliphatic heterocycles. The zero-order valence-corrected chi connectivity index (χ0v) is 12.8. The molecule has 0 saturated carbocycles. The van der Waals surface area contributed by atoms with Gasteiger partial charge in [-0.2, -0.15) is 0 Å². The van der Waals surface area contributed by atoms with Crippen LogP contribution in [0.5, 0.6) is 0 Å². The lowest BCUT2D eigenvalue weighted by molar-refractivity contribution is -0.133. The molecule has 1 saturated heterocycles. The quantitative estimate of drug-likeness (QED) is 0.930. The van der Waals surface area contributed by atoms with Gasteiger partial charge in [-0.15, -0.1) is 12.4 Å². The van der Waals surface area contributed by atoms with E-state index in [4.69, 9.17) is 0 Å². The Labute approximate surface area is 125 Å². The summed E-state index contributed by atoms with van der Waals surface area (Å²) in [5, 5.41) is 3.24. The molecule has 0 aliphatic carbocycles. The Hall–Kier alpha value is -1.13. The third-order valence-corrected chi connectivity index (χ3v) is 3.93. The summed E-state index contributed by atoms with van der Waals surface area (Å²) >= 11 is 0. The molecule has 1 fully saturated rings. The first kappa shape index (κ1) is 16.9. The van der Waals surface area contributed by atoms with Crippen molar-refractivity contribution in [3.63, 3.8) is 0 Å². The van der Waals surface area contributed by atoms with E-state index in [1.54, 1.807) is 6.07 Å². The number of piperidine rings is 1. The number of halogens is 2. The highest BCUT2D eigenvalue weighted by molar-refractivity contribution is 5.85. The molecule has 112 valence electrons. The van der Waals surface area contributed by atoms with Crippen LogP contribution in [0, 0.1) is 5.82 Å². The van der Waals surface area contributed by atoms with Crippen molar-refractivity contribution in [2.24, 2.45) is 0 Å². The first-order valence-electron chi connectivity index (χ1n) is 6.83. The topological polar surface area (TPSA) is 32.3 Å². The van der Waals surface area contributed by atoms with Gasteiger partial charge in [-0.25, -0.2) is 4.39 Å². The van der Waals surface area contributed by atoms with Gasteiger partial charge in [-0.05, 0) is 44.5 Å². The highest BCUT2D eigenvalue weighted by atomic mass is 35.5. The zero-order valence-electron chi connectivity index (χ0n) is 11.9. The highest BCUT2D eigenvalue weighted by Crippen LogP contribution is 2.21. The molecule has 1 aliphatic rings. The molecule has 20 heavy (non-hydrogen) atoms. The van der Waals surface area contributed by atoms with E-state index in [0.717, 1.165) is 31.5 Å². The van der Waals surface area contributed by atoms with Crippen LogP contribution in [0.2, 0.25) is 0 Å². The lowest BCUT2D eigenvalue weighted by Gasteiger charge is -2.33. The Balaban J connectivity index is 0.00000200. The summed E-state index contributed by atoms with van der Waals surface area (Å²) in [5.41, 5.74) is 0.751. The van der Waals surface area contributed by atoms with Crippen molar-refractivity contribution in [2.45, 2.75) is 31.7 Å². The molecule has 1 unspecified atom stereocenters. The van der Waals surface area contributed by atoms with Crippen LogP contribution >= 0.6 is 12.4 Å². The van der Waals surface area contributed by atoms with Gasteiger partial charge in [0.1, 0.15) is 5.82 Å². The first-order chi connectivity index (χ1) is 9.11. The minimum absolute atomic E-state index is 0. The van der Waals surface area contributed by atoms with Crippen LogP contribution in [-0.2, 0) is 4.79 Å². The fourth-order valence-electron chi connectivity index (χ4n) is 2.58. The van der Waals surface area contributed by atoms with E-state index in [9.17, 15) is 9.18 Å². The lowest BCUT2D eigenvalue weighted by atomic mass is 9.97. The van der Waals surface area contributed by atoms with Crippen LogP contribution in [0.4, 0.5) is 4.39 Å². The van der Waals surface area contributed by atoms with Crippen molar-refractivity contribution in [1.82, 2.24) is 10.2 Å². The summed E-state index contributed by atoms with van der Waals surface area (Å²) < 4.78 is 13.2. The second kappa shape index (κ2) is 7.60. The van der Waals surface area contributed by atoms with E-state index in [-0.39, 0.29) is 30.0 Å². The van der Waals surface area contributed by atoms with Gasteiger partial charge in [0.15, 0.2) is 0 Å². The number of rotatable bonds is 3. The fourth-order valence-corrected chi connectivity index (χ4v) is 2.58. The average Bonchev–Trinajstić information content (AvgIpc) is 2.46. The molecule has 1 atom stereocenters. The van der Waals surface area contributed by atoms with Gasteiger partial charge in [-0.1, -0.05) is 12.1 Å². The van der Waals surface area contributed by atoms with E-state index < -0.39 is 0 Å². The maximum atomic E-state index is 13.2. The van der Waals surface area contributed by atoms with Gasteiger partial charge in [0.05, 0.1) is 5.92 Å². The summed E-state index contributed by atoms with van der Waals surface area (Å²) in [7, 11) is 1.96. The number of nitrogens with one attached hydrogen (secondary N) is 1. The molecule has 1 aromatic rings. The number of nitrogens with zero attached hydrogens (tertiary/aromatic N) is 1. The molecule has 1 heterocycles. The molecule has 1 amide bonds. The molecule has 1 N–H and O–H groups in total. The Kier molecular flexibility index (Phi) is 6.43. The van der Waals surface area contributed by atoms with Crippen LogP contribution < -0.4 is 5.32 Å². The molecule has 3 nitrogen and oxygen atoms in total. The summed E-state index contributed by atoms with van der Waals surface area (Å²) in [6, 6.07) is 6.82. The van der Waals surface area contributed by atoms with Crippen molar-refractivity contribution in [3.05, 3.63) is 35.6 Å². The van der Waals surface area contributed by atoms with Crippen molar-refractivity contribution in [3.8, 4) is 0 Å². The van der Waals surface area contributed by atoms with Gasteiger partial charge >= 0.3 is 0 Å². The average molecular weight is 301 g/mol. The smallest absolute Gasteiger partial charge is 0.229 e. The third-order valence-electron chi connectivity index (χ3n) is 3.93. The number of likely N-dealkylation sites (tertiary alicyclic amines) is 1. The summed E-state index contributed by atoms with van der Waals surface area (Å²) in [4.78, 5) is 14.3. The van der Waals surface area contributed by atoms with Crippen LogP contribution in [-0.4, -0.2) is 37.0 Å². The molecule has 0 bridgehead atoms. The number of carbonyl (C=O) groups is 1. The number of carbonyl (C=O) groups excluding carboxylic acids is 1. The standard InChI is InChI=1S/C15H21FN2O.ClH/c1-11(12-4-3-5-13(16)10-12)15(19)18-8-6-14(17-2)7-9-18;/h3-5,10-11,14,17H,6-9H2,1-2H3;1H. The molecule has 1 aromatic carbocycles. The van der Waals surface area contributed by atoms with Crippen molar-refractivity contribution in [1.29, 1.82) is 0 Å². The van der Waals surface area contributed by atoms with Crippen molar-refractivity contribution < 1.29 is 9.18 Å². The first-order valence-corrected chi connectivity index (χ1v) is 6.83. The Bertz CT molecular complexity index is 447. The monoisotopic (exact) mass is 300 g/mol. The van der Waals surface area contributed by atoms with E-state index in [2.05, 4.69) is 5.32 Å². The van der Waals surface area contributed by atoms with Gasteiger partial charge in [-0.3, -0.25) is 4.79 Å². The van der Waals surface area contributed by atoms with E-state index >= 15 is 0 Å². The van der Waals surface area contributed by atoms with Gasteiger partial charge in [0.2, 0.25) is 5.91 Å². The number of amides is 1. The van der Waals surface area contributed by atoms with Crippen LogP contribution in [0.25, 0.3) is 0 Å². The van der Waals surface area contributed by atoms with Gasteiger partial charge in [0, 0.05) is 19.1 Å². The van der Waals surface area contributed by atoms with Crippen LogP contribution in [0.15, 0.2) is 24.3 Å². The molecule has 0 spiro atoms. The SMILES string of the molecule is CNC1CCN(C(=O)C(C)c2cccc(F)c2)CC1.Cl. The molecule has 0 aromatic heterocycles. The summed E-state index contributed by atoms with van der Waals surface area (Å²) in [6.07, 6.45) is 1.97. The molecule has 0 radical (unpaired) electrons. The zero-order chi connectivity index (χ0) is 13.8. The maximum absolute atomic E-state index is 13.2. The molecular formula is C15H22ClFN2O. The number of hydrogen-bond acceptors (Lipinski definition) is 2. The normalized spacial score (nSPS) is 17.4. The second-order valence-electron chi connectivity index (χ2n) is 5.16. The minimum atomic E-state index is -0.286. The highest BCUT2D eigenvalue weighted by Gasteiger charge is 2.26. The maximum Gasteiger partial charge on any atom is 0.229 e. The van der Waals surface area contributed by atoms with E-state index in [1.165, 1.54) is 12.1 Å². The lowest BCUT2D eigenvalue weighted by Crippen LogP contribution is -2.45. The predicted octanol–water partition coefficient (Wildman–Crippen LogP) is 2.56. The van der Waals surface area contributed by atoms with Crippen molar-refractivity contribution in [2.75, 3.05) is 20.1 Å². The third kappa shape index (κ3) is 3.93. The van der Waals surface area contributed by atoms with Gasteiger partial charge in [0.25, 0.3) is 0 Å². The summed E-state index contributed by atoms with van der Waals surface area (Å²) in [6.45, 7) is 3.41. The second-order valence-corrected chi connectivity index (χ2v) is 5.16. The van der Waals surface area contributed by atoms with E-state index in [1.807, 2.05) is 24.9 Å². The molecule has 2 rings (SSSR count). The largest absolute Gasteiger partial charge is 0.342 e. The Morgan fingerprint density at radius 2 is 2.05 bits per heavy atom. The van der Waals surface area contributed by atoms with Crippen LogP contribution in [0.3, 0.4) is 0 Å². The fraction of sp³-hybridized carbons (Fsp3) is 0.533. The Morgan fingerprint density at radius 1 is 1.40 bits per heavy atom. The number of hydrogen-bond donors (Lipinski definition) is 1. The minimum Gasteiger partial charge on any atom is -0.342 e. The Morgan fingerprint density at radius 3 is 2.60 bits per heavy atom. The van der Waals surface area contributed by atoms with Crippen molar-refractivity contribution >= 4 is 18.3 Å².